The standard InChI is InChI=1S/C13H16N4O2/c1-2-19-12(18)6-8-17(11-3-4-11)13-10(9-14)5-7-15-16-13/h5,7,11H,2-4,6,8H2,1H3. The van der Waals surface area contributed by atoms with E-state index in [0.717, 1.165) is 12.8 Å². The Morgan fingerprint density at radius 1 is 1.63 bits per heavy atom. The lowest BCUT2D eigenvalue weighted by atomic mass is 10.2. The van der Waals surface area contributed by atoms with Crippen LogP contribution in [0.3, 0.4) is 0 Å². The molecule has 0 amide bonds. The second-order valence-electron chi connectivity index (χ2n) is 4.36. The van der Waals surface area contributed by atoms with Gasteiger partial charge in [0.1, 0.15) is 6.07 Å². The molecule has 6 nitrogen and oxygen atoms in total. The Hall–Kier alpha value is -2.16. The monoisotopic (exact) mass is 260 g/mol. The minimum atomic E-state index is -0.226. The minimum absolute atomic E-state index is 0.226. The van der Waals surface area contributed by atoms with Crippen LogP contribution in [0.4, 0.5) is 5.82 Å². The molecule has 0 aliphatic heterocycles. The van der Waals surface area contributed by atoms with E-state index < -0.39 is 0 Å². The molecule has 0 saturated heterocycles. The van der Waals surface area contributed by atoms with Crippen LogP contribution in [0.2, 0.25) is 0 Å². The van der Waals surface area contributed by atoms with Gasteiger partial charge in [-0.25, -0.2) is 0 Å². The molecule has 6 heteroatoms. The van der Waals surface area contributed by atoms with Gasteiger partial charge in [0.15, 0.2) is 5.82 Å². The first kappa shape index (κ1) is 13.3. The van der Waals surface area contributed by atoms with Gasteiger partial charge in [0, 0.05) is 12.6 Å². The van der Waals surface area contributed by atoms with Crippen molar-refractivity contribution >= 4 is 11.8 Å². The molecule has 1 fully saturated rings. The Morgan fingerprint density at radius 3 is 3.05 bits per heavy atom. The van der Waals surface area contributed by atoms with E-state index in [1.807, 2.05) is 4.90 Å². The molecule has 1 saturated carbocycles. The molecular formula is C13H16N4O2. The first-order valence-electron chi connectivity index (χ1n) is 6.40. The quantitative estimate of drug-likeness (QED) is 0.717. The SMILES string of the molecule is CCOC(=O)CCN(c1nnccc1C#N)C1CC1. The maximum Gasteiger partial charge on any atom is 0.307 e. The number of rotatable bonds is 6. The molecule has 19 heavy (non-hydrogen) atoms. The zero-order valence-electron chi connectivity index (χ0n) is 10.9. The molecule has 1 aliphatic carbocycles. The van der Waals surface area contributed by atoms with Gasteiger partial charge in [0.2, 0.25) is 0 Å². The maximum absolute atomic E-state index is 11.4. The van der Waals surface area contributed by atoms with Crippen LogP contribution in [0.15, 0.2) is 12.3 Å². The van der Waals surface area contributed by atoms with E-state index in [9.17, 15) is 4.79 Å². The van der Waals surface area contributed by atoms with Crippen LogP contribution in [-0.2, 0) is 9.53 Å². The molecule has 1 aromatic heterocycles. The zero-order valence-corrected chi connectivity index (χ0v) is 10.9. The number of ether oxygens (including phenoxy) is 1. The van der Waals surface area contributed by atoms with E-state index >= 15 is 0 Å². The largest absolute Gasteiger partial charge is 0.466 e. The van der Waals surface area contributed by atoms with Gasteiger partial charge in [-0.3, -0.25) is 4.79 Å². The Kier molecular flexibility index (Phi) is 4.29. The minimum Gasteiger partial charge on any atom is -0.466 e. The summed E-state index contributed by atoms with van der Waals surface area (Å²) in [6.45, 7) is 2.68. The lowest BCUT2D eigenvalue weighted by Gasteiger charge is -2.23. The Morgan fingerprint density at radius 2 is 2.42 bits per heavy atom. The van der Waals surface area contributed by atoms with Crippen molar-refractivity contribution < 1.29 is 9.53 Å². The summed E-state index contributed by atoms with van der Waals surface area (Å²) in [6, 6.07) is 4.11. The van der Waals surface area contributed by atoms with Crippen molar-refractivity contribution in [3.8, 4) is 6.07 Å². The number of hydrogen-bond donors (Lipinski definition) is 0. The summed E-state index contributed by atoms with van der Waals surface area (Å²) < 4.78 is 4.92. The van der Waals surface area contributed by atoms with Gasteiger partial charge >= 0.3 is 5.97 Å². The normalized spacial score (nSPS) is 13.7. The maximum atomic E-state index is 11.4. The van der Waals surface area contributed by atoms with Crippen molar-refractivity contribution in [2.75, 3.05) is 18.1 Å². The highest BCUT2D eigenvalue weighted by atomic mass is 16.5. The van der Waals surface area contributed by atoms with Gasteiger partial charge in [-0.2, -0.15) is 10.4 Å². The molecule has 0 bridgehead atoms. The lowest BCUT2D eigenvalue weighted by molar-refractivity contribution is -0.142. The second-order valence-corrected chi connectivity index (χ2v) is 4.36. The number of anilines is 1. The Labute approximate surface area is 112 Å². The van der Waals surface area contributed by atoms with Crippen molar-refractivity contribution in [2.24, 2.45) is 0 Å². The summed E-state index contributed by atoms with van der Waals surface area (Å²) >= 11 is 0. The summed E-state index contributed by atoms with van der Waals surface area (Å²) in [7, 11) is 0. The Balaban J connectivity index is 2.08. The molecule has 0 unspecified atom stereocenters. The van der Waals surface area contributed by atoms with Crippen LogP contribution in [0, 0.1) is 11.3 Å². The van der Waals surface area contributed by atoms with Crippen LogP contribution in [0.5, 0.6) is 0 Å². The number of nitrogens with zero attached hydrogens (tertiary/aromatic N) is 4. The molecule has 1 aromatic rings. The van der Waals surface area contributed by atoms with Crippen molar-refractivity contribution in [2.45, 2.75) is 32.2 Å². The van der Waals surface area contributed by atoms with E-state index in [1.165, 1.54) is 6.20 Å². The van der Waals surface area contributed by atoms with E-state index in [2.05, 4.69) is 16.3 Å². The lowest BCUT2D eigenvalue weighted by Crippen LogP contribution is -2.30. The predicted octanol–water partition coefficient (Wildman–Crippen LogP) is 1.27. The molecule has 2 rings (SSSR count). The van der Waals surface area contributed by atoms with E-state index in [0.29, 0.717) is 37.0 Å². The number of aromatic nitrogens is 2. The van der Waals surface area contributed by atoms with Gasteiger partial charge < -0.3 is 9.64 Å². The third-order valence-corrected chi connectivity index (χ3v) is 2.94. The summed E-state index contributed by atoms with van der Waals surface area (Å²) in [6.07, 6.45) is 3.92. The molecule has 100 valence electrons. The molecule has 0 spiro atoms. The fraction of sp³-hybridized carbons (Fsp3) is 0.538. The average molecular weight is 260 g/mol. The molecule has 0 N–H and O–H groups in total. The van der Waals surface area contributed by atoms with Gasteiger partial charge in [0.05, 0.1) is 24.8 Å². The highest BCUT2D eigenvalue weighted by molar-refractivity contribution is 5.70. The van der Waals surface area contributed by atoms with E-state index in [1.54, 1.807) is 13.0 Å². The number of hydrogen-bond acceptors (Lipinski definition) is 6. The van der Waals surface area contributed by atoms with Crippen LogP contribution in [-0.4, -0.2) is 35.4 Å². The summed E-state index contributed by atoms with van der Waals surface area (Å²) in [5.41, 5.74) is 0.491. The van der Waals surface area contributed by atoms with Gasteiger partial charge in [-0.1, -0.05) is 0 Å². The number of esters is 1. The molecular weight excluding hydrogens is 244 g/mol. The summed E-state index contributed by atoms with van der Waals surface area (Å²) in [5, 5.41) is 17.0. The van der Waals surface area contributed by atoms with Gasteiger partial charge in [-0.05, 0) is 25.8 Å². The first-order valence-corrected chi connectivity index (χ1v) is 6.40. The molecule has 1 aliphatic rings. The topological polar surface area (TPSA) is 79.1 Å². The van der Waals surface area contributed by atoms with Gasteiger partial charge in [0.25, 0.3) is 0 Å². The molecule has 0 aromatic carbocycles. The van der Waals surface area contributed by atoms with Crippen molar-refractivity contribution in [1.82, 2.24) is 10.2 Å². The van der Waals surface area contributed by atoms with Crippen LogP contribution >= 0.6 is 0 Å². The number of nitriles is 1. The average Bonchev–Trinajstić information content (AvgIpc) is 3.24. The fourth-order valence-electron chi connectivity index (χ4n) is 1.92. The summed E-state index contributed by atoms with van der Waals surface area (Å²) in [4.78, 5) is 13.4. The van der Waals surface area contributed by atoms with Crippen LogP contribution in [0.1, 0.15) is 31.7 Å². The first-order chi connectivity index (χ1) is 9.26. The molecule has 0 atom stereocenters. The van der Waals surface area contributed by atoms with Crippen LogP contribution in [0.25, 0.3) is 0 Å². The second kappa shape index (κ2) is 6.14. The predicted molar refractivity (Wildman–Crippen MR) is 68.4 cm³/mol. The molecule has 0 radical (unpaired) electrons. The van der Waals surface area contributed by atoms with E-state index in [-0.39, 0.29) is 5.97 Å². The number of carbonyl (C=O) groups is 1. The third-order valence-electron chi connectivity index (χ3n) is 2.94. The van der Waals surface area contributed by atoms with Crippen molar-refractivity contribution in [1.29, 1.82) is 5.26 Å². The Bertz CT molecular complexity index is 494. The van der Waals surface area contributed by atoms with Crippen LogP contribution < -0.4 is 4.90 Å². The third kappa shape index (κ3) is 3.41. The zero-order chi connectivity index (χ0) is 13.7. The smallest absolute Gasteiger partial charge is 0.307 e. The van der Waals surface area contributed by atoms with E-state index in [4.69, 9.17) is 10.00 Å². The fourth-order valence-corrected chi connectivity index (χ4v) is 1.92. The van der Waals surface area contributed by atoms with Crippen molar-refractivity contribution in [3.63, 3.8) is 0 Å². The molecule has 1 heterocycles. The highest BCUT2D eigenvalue weighted by Gasteiger charge is 2.31. The number of carbonyl (C=O) groups excluding carboxylic acids is 1. The highest BCUT2D eigenvalue weighted by Crippen LogP contribution is 2.31. The summed E-state index contributed by atoms with van der Waals surface area (Å²) in [5.74, 6) is 0.340. The van der Waals surface area contributed by atoms with Gasteiger partial charge in [-0.15, -0.1) is 5.10 Å². The van der Waals surface area contributed by atoms with Crippen molar-refractivity contribution in [3.05, 3.63) is 17.8 Å².